The molecule has 1 aliphatic rings. The molecule has 3 nitrogen and oxygen atoms in total. The first-order valence-electron chi connectivity index (χ1n) is 6.71. The molecule has 1 aliphatic heterocycles. The van der Waals surface area contributed by atoms with Crippen LogP contribution in [-0.2, 0) is 0 Å². The molecule has 0 saturated carbocycles. The Kier molecular flexibility index (Phi) is 3.81. The van der Waals surface area contributed by atoms with Crippen molar-refractivity contribution in [2.45, 2.75) is 39.3 Å². The fourth-order valence-electron chi connectivity index (χ4n) is 2.76. The number of benzene rings is 1. The van der Waals surface area contributed by atoms with Gasteiger partial charge in [0, 0.05) is 18.6 Å². The number of hydrogen-bond donors (Lipinski definition) is 1. The minimum absolute atomic E-state index is 0.312. The van der Waals surface area contributed by atoms with E-state index in [4.69, 9.17) is 10.5 Å². The summed E-state index contributed by atoms with van der Waals surface area (Å²) >= 11 is 0. The van der Waals surface area contributed by atoms with Gasteiger partial charge in [0.15, 0.2) is 0 Å². The van der Waals surface area contributed by atoms with Crippen molar-refractivity contribution in [3.8, 4) is 5.75 Å². The topological polar surface area (TPSA) is 38.5 Å². The molecular formula is C15H24N2O. The smallest absolute Gasteiger partial charge is 0.142 e. The molecule has 1 saturated heterocycles. The van der Waals surface area contributed by atoms with Crippen molar-refractivity contribution in [3.63, 3.8) is 0 Å². The molecule has 0 aliphatic carbocycles. The zero-order chi connectivity index (χ0) is 13.3. The van der Waals surface area contributed by atoms with Crippen LogP contribution in [0.5, 0.6) is 5.75 Å². The lowest BCUT2D eigenvalue weighted by Crippen LogP contribution is -2.52. The van der Waals surface area contributed by atoms with E-state index in [1.54, 1.807) is 7.11 Å². The first-order valence-corrected chi connectivity index (χ1v) is 6.71. The fraction of sp³-hybridized carbons (Fsp3) is 0.600. The van der Waals surface area contributed by atoms with Crippen LogP contribution in [-0.4, -0.2) is 25.7 Å². The van der Waals surface area contributed by atoms with Crippen LogP contribution < -0.4 is 15.4 Å². The summed E-state index contributed by atoms with van der Waals surface area (Å²) in [5.41, 5.74) is 8.61. The highest BCUT2D eigenvalue weighted by atomic mass is 16.5. The molecule has 0 spiro atoms. The second-order valence-corrected chi connectivity index (χ2v) is 5.42. The van der Waals surface area contributed by atoms with Crippen LogP contribution in [0.4, 0.5) is 5.69 Å². The van der Waals surface area contributed by atoms with Gasteiger partial charge in [-0.2, -0.15) is 0 Å². The Morgan fingerprint density at radius 3 is 2.72 bits per heavy atom. The number of methoxy groups -OCH3 is 1. The summed E-state index contributed by atoms with van der Waals surface area (Å²) in [6.07, 6.45) is 1.04. The molecule has 3 unspecified atom stereocenters. The summed E-state index contributed by atoms with van der Waals surface area (Å²) in [4.78, 5) is 2.43. The van der Waals surface area contributed by atoms with E-state index in [0.717, 1.165) is 18.7 Å². The molecule has 0 bridgehead atoms. The van der Waals surface area contributed by atoms with Gasteiger partial charge in [0.2, 0.25) is 0 Å². The molecule has 2 N–H and O–H groups in total. The van der Waals surface area contributed by atoms with Gasteiger partial charge in [0.1, 0.15) is 5.75 Å². The predicted octanol–water partition coefficient (Wildman–Crippen LogP) is 2.57. The van der Waals surface area contributed by atoms with Gasteiger partial charge in [-0.25, -0.2) is 0 Å². The third-order valence-electron chi connectivity index (χ3n) is 4.28. The van der Waals surface area contributed by atoms with E-state index in [2.05, 4.69) is 43.9 Å². The first-order chi connectivity index (χ1) is 8.54. The lowest BCUT2D eigenvalue weighted by molar-refractivity contribution is 0.312. The molecule has 1 aromatic carbocycles. The Bertz CT molecular complexity index is 419. The van der Waals surface area contributed by atoms with Crippen LogP contribution in [0.15, 0.2) is 18.2 Å². The Morgan fingerprint density at radius 1 is 1.33 bits per heavy atom. The number of piperidine rings is 1. The number of hydrogen-bond acceptors (Lipinski definition) is 3. The van der Waals surface area contributed by atoms with Crippen LogP contribution in [0, 0.1) is 12.8 Å². The number of anilines is 1. The predicted molar refractivity (Wildman–Crippen MR) is 76.3 cm³/mol. The summed E-state index contributed by atoms with van der Waals surface area (Å²) in [6.45, 7) is 7.62. The van der Waals surface area contributed by atoms with E-state index < -0.39 is 0 Å². The lowest BCUT2D eigenvalue weighted by atomic mass is 9.87. The van der Waals surface area contributed by atoms with Gasteiger partial charge in [0.05, 0.1) is 12.8 Å². The van der Waals surface area contributed by atoms with Gasteiger partial charge >= 0.3 is 0 Å². The van der Waals surface area contributed by atoms with Crippen molar-refractivity contribution >= 4 is 5.69 Å². The molecule has 18 heavy (non-hydrogen) atoms. The summed E-state index contributed by atoms with van der Waals surface area (Å²) in [6, 6.07) is 7.11. The molecule has 100 valence electrons. The Morgan fingerprint density at radius 2 is 2.06 bits per heavy atom. The SMILES string of the molecule is COc1ccc(C)cc1N1CCC(N)C(C)C1C. The van der Waals surface area contributed by atoms with E-state index >= 15 is 0 Å². The Balaban J connectivity index is 2.33. The Labute approximate surface area is 110 Å². The van der Waals surface area contributed by atoms with Crippen molar-refractivity contribution in [1.82, 2.24) is 0 Å². The third kappa shape index (κ3) is 2.32. The normalized spacial score (nSPS) is 28.3. The third-order valence-corrected chi connectivity index (χ3v) is 4.28. The molecule has 3 heteroatoms. The monoisotopic (exact) mass is 248 g/mol. The van der Waals surface area contributed by atoms with E-state index in [0.29, 0.717) is 18.0 Å². The summed E-state index contributed by atoms with van der Waals surface area (Å²) in [7, 11) is 1.73. The van der Waals surface area contributed by atoms with E-state index in [-0.39, 0.29) is 0 Å². The van der Waals surface area contributed by atoms with Crippen molar-refractivity contribution in [2.24, 2.45) is 11.7 Å². The molecule has 2 rings (SSSR count). The summed E-state index contributed by atoms with van der Waals surface area (Å²) in [5, 5.41) is 0. The van der Waals surface area contributed by atoms with Crippen LogP contribution >= 0.6 is 0 Å². The van der Waals surface area contributed by atoms with Crippen LogP contribution in [0.25, 0.3) is 0 Å². The molecule has 0 radical (unpaired) electrons. The molecule has 0 aromatic heterocycles. The molecular weight excluding hydrogens is 224 g/mol. The summed E-state index contributed by atoms with van der Waals surface area (Å²) < 4.78 is 5.49. The highest BCUT2D eigenvalue weighted by molar-refractivity contribution is 5.61. The molecule has 1 fully saturated rings. The Hall–Kier alpha value is -1.22. The van der Waals surface area contributed by atoms with Crippen LogP contribution in [0.3, 0.4) is 0 Å². The minimum atomic E-state index is 0.312. The van der Waals surface area contributed by atoms with Gasteiger partial charge in [0.25, 0.3) is 0 Å². The standard InChI is InChI=1S/C15H24N2O/c1-10-5-6-15(18-4)14(9-10)17-8-7-13(16)11(2)12(17)3/h5-6,9,11-13H,7-8,16H2,1-4H3. The summed E-state index contributed by atoms with van der Waals surface area (Å²) in [5.74, 6) is 1.46. The van der Waals surface area contributed by atoms with Gasteiger partial charge in [-0.3, -0.25) is 0 Å². The number of ether oxygens (including phenoxy) is 1. The second kappa shape index (κ2) is 5.19. The van der Waals surface area contributed by atoms with Crippen LogP contribution in [0.1, 0.15) is 25.8 Å². The van der Waals surface area contributed by atoms with Crippen molar-refractivity contribution in [2.75, 3.05) is 18.6 Å². The minimum Gasteiger partial charge on any atom is -0.495 e. The maximum absolute atomic E-state index is 6.15. The average molecular weight is 248 g/mol. The zero-order valence-corrected chi connectivity index (χ0v) is 11.8. The van der Waals surface area contributed by atoms with E-state index in [1.165, 1.54) is 11.3 Å². The van der Waals surface area contributed by atoms with Crippen molar-refractivity contribution < 1.29 is 4.74 Å². The lowest BCUT2D eigenvalue weighted by Gasteiger charge is -2.43. The number of nitrogens with two attached hydrogens (primary N) is 1. The maximum Gasteiger partial charge on any atom is 0.142 e. The molecule has 1 heterocycles. The van der Waals surface area contributed by atoms with Gasteiger partial charge in [-0.05, 0) is 43.9 Å². The molecule has 1 aromatic rings. The van der Waals surface area contributed by atoms with Gasteiger partial charge in [-0.1, -0.05) is 13.0 Å². The number of aryl methyl sites for hydroxylation is 1. The zero-order valence-electron chi connectivity index (χ0n) is 11.8. The van der Waals surface area contributed by atoms with Gasteiger partial charge in [-0.15, -0.1) is 0 Å². The number of nitrogens with zero attached hydrogens (tertiary/aromatic N) is 1. The fourth-order valence-corrected chi connectivity index (χ4v) is 2.76. The quantitative estimate of drug-likeness (QED) is 0.874. The van der Waals surface area contributed by atoms with Gasteiger partial charge < -0.3 is 15.4 Å². The molecule has 0 amide bonds. The van der Waals surface area contributed by atoms with Crippen molar-refractivity contribution in [3.05, 3.63) is 23.8 Å². The largest absolute Gasteiger partial charge is 0.495 e. The van der Waals surface area contributed by atoms with E-state index in [9.17, 15) is 0 Å². The highest BCUT2D eigenvalue weighted by Crippen LogP contribution is 2.35. The van der Waals surface area contributed by atoms with E-state index in [1.807, 2.05) is 0 Å². The van der Waals surface area contributed by atoms with Crippen LogP contribution in [0.2, 0.25) is 0 Å². The second-order valence-electron chi connectivity index (χ2n) is 5.42. The first kappa shape index (κ1) is 13.2. The highest BCUT2D eigenvalue weighted by Gasteiger charge is 2.31. The maximum atomic E-state index is 6.15. The van der Waals surface area contributed by atoms with Crippen molar-refractivity contribution in [1.29, 1.82) is 0 Å². The molecule has 3 atom stereocenters. The average Bonchev–Trinajstić information content (AvgIpc) is 2.36. The number of rotatable bonds is 2.